The number of aryl methyl sites for hydroxylation is 1. The van der Waals surface area contributed by atoms with Crippen LogP contribution in [0, 0.1) is 5.41 Å². The third-order valence-electron chi connectivity index (χ3n) is 5.20. The Kier molecular flexibility index (Phi) is 8.49. The van der Waals surface area contributed by atoms with E-state index >= 15 is 0 Å². The van der Waals surface area contributed by atoms with Crippen LogP contribution in [0.4, 0.5) is 5.69 Å². The molecular weight excluding hydrogens is 372 g/mol. The highest BCUT2D eigenvalue weighted by Crippen LogP contribution is 2.36. The van der Waals surface area contributed by atoms with E-state index < -0.39 is 0 Å². The first kappa shape index (κ1) is 22.4. The van der Waals surface area contributed by atoms with E-state index in [9.17, 15) is 4.79 Å². The van der Waals surface area contributed by atoms with Crippen LogP contribution in [-0.2, 0) is 22.5 Å². The Hall–Kier alpha value is -1.88. The number of hydrogen-bond donors (Lipinski definition) is 1. The molecule has 4 nitrogen and oxygen atoms in total. The van der Waals surface area contributed by atoms with E-state index in [1.54, 1.807) is 0 Å². The number of carbonyl (C=O) groups is 1. The Labute approximate surface area is 174 Å². The minimum absolute atomic E-state index is 0. The number of rotatable bonds is 9. The number of likely N-dealkylation sites (tertiary alicyclic amines) is 1. The summed E-state index contributed by atoms with van der Waals surface area (Å²) in [7, 11) is 0. The van der Waals surface area contributed by atoms with Gasteiger partial charge in [-0.3, -0.25) is 9.69 Å². The Balaban J connectivity index is 0.00000280. The van der Waals surface area contributed by atoms with E-state index in [-0.39, 0.29) is 23.7 Å². The fourth-order valence-electron chi connectivity index (χ4n) is 3.86. The standard InChI is InChI=1S/C23H30N2O2.ClH/c1-3-27-18-23(14-13-20-7-5-4-6-8-20)16-25(17-23)15-21-9-11-22(12-10-21)24-19(2)26;/h4-12H,3,13-18H2,1-2H3,(H,24,26);1H. The maximum absolute atomic E-state index is 11.1. The first-order chi connectivity index (χ1) is 13.1. The SMILES string of the molecule is CCOCC1(CCc2ccccc2)CN(Cc2ccc(NC(C)=O)cc2)C1.Cl. The number of ether oxygens (including phenoxy) is 1. The summed E-state index contributed by atoms with van der Waals surface area (Å²) < 4.78 is 5.81. The lowest BCUT2D eigenvalue weighted by atomic mass is 9.75. The van der Waals surface area contributed by atoms with Crippen molar-refractivity contribution in [1.29, 1.82) is 0 Å². The molecule has 0 bridgehead atoms. The Morgan fingerprint density at radius 2 is 1.75 bits per heavy atom. The number of amides is 1. The molecule has 5 heteroatoms. The highest BCUT2D eigenvalue weighted by atomic mass is 35.5. The molecule has 152 valence electrons. The number of hydrogen-bond acceptors (Lipinski definition) is 3. The van der Waals surface area contributed by atoms with Crippen molar-refractivity contribution < 1.29 is 9.53 Å². The van der Waals surface area contributed by atoms with Crippen molar-refractivity contribution in [2.75, 3.05) is 31.6 Å². The minimum atomic E-state index is -0.0374. The van der Waals surface area contributed by atoms with E-state index in [1.165, 1.54) is 18.1 Å². The Bertz CT molecular complexity index is 728. The van der Waals surface area contributed by atoms with Gasteiger partial charge in [0.15, 0.2) is 0 Å². The number of carbonyl (C=O) groups excluding carboxylic acids is 1. The minimum Gasteiger partial charge on any atom is -0.381 e. The van der Waals surface area contributed by atoms with Gasteiger partial charge in [-0.15, -0.1) is 12.4 Å². The molecule has 28 heavy (non-hydrogen) atoms. The fraction of sp³-hybridized carbons (Fsp3) is 0.435. The molecule has 1 N–H and O–H groups in total. The summed E-state index contributed by atoms with van der Waals surface area (Å²) in [6.45, 7) is 8.31. The maximum Gasteiger partial charge on any atom is 0.221 e. The van der Waals surface area contributed by atoms with Crippen LogP contribution >= 0.6 is 12.4 Å². The summed E-state index contributed by atoms with van der Waals surface area (Å²) >= 11 is 0. The largest absolute Gasteiger partial charge is 0.381 e. The molecule has 0 atom stereocenters. The van der Waals surface area contributed by atoms with Gasteiger partial charge < -0.3 is 10.1 Å². The Morgan fingerprint density at radius 1 is 1.07 bits per heavy atom. The molecule has 1 fully saturated rings. The van der Waals surface area contributed by atoms with Gasteiger partial charge in [0.2, 0.25) is 5.91 Å². The molecule has 1 heterocycles. The normalized spacial score (nSPS) is 15.4. The first-order valence-electron chi connectivity index (χ1n) is 9.79. The lowest BCUT2D eigenvalue weighted by Gasteiger charge is -2.50. The van der Waals surface area contributed by atoms with Crippen LogP contribution in [0.15, 0.2) is 54.6 Å². The molecule has 0 unspecified atom stereocenters. The second-order valence-electron chi connectivity index (χ2n) is 7.65. The molecule has 1 aliphatic rings. The average Bonchev–Trinajstić information content (AvgIpc) is 2.64. The number of nitrogens with one attached hydrogen (secondary N) is 1. The van der Waals surface area contributed by atoms with Gasteiger partial charge in [-0.05, 0) is 43.0 Å². The van der Waals surface area contributed by atoms with Gasteiger partial charge in [0, 0.05) is 44.3 Å². The molecule has 0 spiro atoms. The molecule has 1 amide bonds. The molecule has 1 saturated heterocycles. The van der Waals surface area contributed by atoms with Crippen LogP contribution in [0.2, 0.25) is 0 Å². The summed E-state index contributed by atoms with van der Waals surface area (Å²) in [5.41, 5.74) is 3.79. The molecule has 0 aliphatic carbocycles. The van der Waals surface area contributed by atoms with E-state index in [0.29, 0.717) is 0 Å². The quantitative estimate of drug-likeness (QED) is 0.669. The molecule has 0 aromatic heterocycles. The van der Waals surface area contributed by atoms with Crippen LogP contribution in [-0.4, -0.2) is 37.1 Å². The summed E-state index contributed by atoms with van der Waals surface area (Å²) in [5, 5.41) is 2.81. The molecule has 3 rings (SSSR count). The van der Waals surface area contributed by atoms with Crippen molar-refractivity contribution in [3.05, 3.63) is 65.7 Å². The van der Waals surface area contributed by atoms with E-state index in [1.807, 2.05) is 12.1 Å². The molecule has 2 aromatic carbocycles. The summed E-state index contributed by atoms with van der Waals surface area (Å²) in [6, 6.07) is 18.9. The van der Waals surface area contributed by atoms with Gasteiger partial charge in [0.1, 0.15) is 0 Å². The number of halogens is 1. The first-order valence-corrected chi connectivity index (χ1v) is 9.79. The second kappa shape index (κ2) is 10.6. The zero-order chi connectivity index (χ0) is 19.1. The van der Waals surface area contributed by atoms with Crippen LogP contribution in [0.1, 0.15) is 31.4 Å². The highest BCUT2D eigenvalue weighted by Gasteiger charge is 2.42. The van der Waals surface area contributed by atoms with Crippen molar-refractivity contribution in [1.82, 2.24) is 4.90 Å². The van der Waals surface area contributed by atoms with Crippen LogP contribution < -0.4 is 5.32 Å². The van der Waals surface area contributed by atoms with Crippen molar-refractivity contribution in [2.24, 2.45) is 5.41 Å². The van der Waals surface area contributed by atoms with Gasteiger partial charge >= 0.3 is 0 Å². The second-order valence-corrected chi connectivity index (χ2v) is 7.65. The lowest BCUT2D eigenvalue weighted by Crippen LogP contribution is -2.58. The zero-order valence-corrected chi connectivity index (χ0v) is 17.6. The predicted octanol–water partition coefficient (Wildman–Crippen LogP) is 4.54. The Morgan fingerprint density at radius 3 is 2.36 bits per heavy atom. The van der Waals surface area contributed by atoms with Crippen LogP contribution in [0.25, 0.3) is 0 Å². The summed E-state index contributed by atoms with van der Waals surface area (Å²) in [4.78, 5) is 13.6. The van der Waals surface area contributed by atoms with Gasteiger partial charge in [0.25, 0.3) is 0 Å². The monoisotopic (exact) mass is 402 g/mol. The summed E-state index contributed by atoms with van der Waals surface area (Å²) in [6.07, 6.45) is 2.27. The van der Waals surface area contributed by atoms with Crippen LogP contribution in [0.5, 0.6) is 0 Å². The van der Waals surface area contributed by atoms with Crippen molar-refractivity contribution in [3.8, 4) is 0 Å². The van der Waals surface area contributed by atoms with Gasteiger partial charge in [-0.2, -0.15) is 0 Å². The van der Waals surface area contributed by atoms with Crippen molar-refractivity contribution in [2.45, 2.75) is 33.2 Å². The van der Waals surface area contributed by atoms with Crippen LogP contribution in [0.3, 0.4) is 0 Å². The molecule has 1 aliphatic heterocycles. The van der Waals surface area contributed by atoms with Crippen molar-refractivity contribution in [3.63, 3.8) is 0 Å². The number of benzene rings is 2. The highest BCUT2D eigenvalue weighted by molar-refractivity contribution is 5.88. The number of anilines is 1. The third kappa shape index (κ3) is 6.33. The topological polar surface area (TPSA) is 41.6 Å². The predicted molar refractivity (Wildman–Crippen MR) is 117 cm³/mol. The van der Waals surface area contributed by atoms with Gasteiger partial charge in [0.05, 0.1) is 6.61 Å². The third-order valence-corrected chi connectivity index (χ3v) is 5.20. The molecule has 0 saturated carbocycles. The summed E-state index contributed by atoms with van der Waals surface area (Å²) in [5.74, 6) is -0.0374. The van der Waals surface area contributed by atoms with Gasteiger partial charge in [-0.25, -0.2) is 0 Å². The van der Waals surface area contributed by atoms with Crippen molar-refractivity contribution >= 4 is 24.0 Å². The van der Waals surface area contributed by atoms with E-state index in [2.05, 4.69) is 59.6 Å². The van der Waals surface area contributed by atoms with E-state index in [4.69, 9.17) is 4.74 Å². The van der Waals surface area contributed by atoms with E-state index in [0.717, 1.165) is 51.4 Å². The molecule has 0 radical (unpaired) electrons. The lowest BCUT2D eigenvalue weighted by molar-refractivity contribution is -0.114. The zero-order valence-electron chi connectivity index (χ0n) is 16.8. The molecular formula is C23H31ClN2O2. The van der Waals surface area contributed by atoms with Gasteiger partial charge in [-0.1, -0.05) is 42.5 Å². The maximum atomic E-state index is 11.1. The smallest absolute Gasteiger partial charge is 0.221 e. The average molecular weight is 403 g/mol. The number of nitrogens with zero attached hydrogens (tertiary/aromatic N) is 1. The molecule has 2 aromatic rings. The fourth-order valence-corrected chi connectivity index (χ4v) is 3.86.